The second-order valence-corrected chi connectivity index (χ2v) is 4.71. The van der Waals surface area contributed by atoms with E-state index in [2.05, 4.69) is 15.6 Å². The van der Waals surface area contributed by atoms with Crippen molar-refractivity contribution in [1.29, 1.82) is 0 Å². The van der Waals surface area contributed by atoms with E-state index in [1.54, 1.807) is 6.07 Å². The highest BCUT2D eigenvalue weighted by Crippen LogP contribution is 2.29. The number of amides is 1. The van der Waals surface area contributed by atoms with Crippen LogP contribution in [0, 0.1) is 0 Å². The van der Waals surface area contributed by atoms with Crippen molar-refractivity contribution >= 4 is 40.7 Å². The van der Waals surface area contributed by atoms with Crippen LogP contribution in [0.25, 0.3) is 0 Å². The summed E-state index contributed by atoms with van der Waals surface area (Å²) in [6.45, 7) is 4.46. The molecule has 0 aromatic carbocycles. The van der Waals surface area contributed by atoms with E-state index in [0.29, 0.717) is 28.2 Å². The Morgan fingerprint density at radius 3 is 2.61 bits per heavy atom. The highest BCUT2D eigenvalue weighted by Gasteiger charge is 2.12. The third kappa shape index (κ3) is 4.23. The first-order valence-electron chi connectivity index (χ1n) is 5.58. The van der Waals surface area contributed by atoms with Gasteiger partial charge in [-0.25, -0.2) is 4.98 Å². The minimum atomic E-state index is -0.382. The normalized spacial score (nSPS) is 12.0. The van der Waals surface area contributed by atoms with Crippen molar-refractivity contribution < 1.29 is 4.79 Å². The lowest BCUT2D eigenvalue weighted by molar-refractivity contribution is -0.118. The first-order valence-corrected chi connectivity index (χ1v) is 6.34. The van der Waals surface area contributed by atoms with Crippen LogP contribution in [0.1, 0.15) is 20.3 Å². The third-order valence-corrected chi connectivity index (χ3v) is 2.74. The number of carbonyl (C=O) groups is 1. The number of aromatic nitrogens is 1. The van der Waals surface area contributed by atoms with Crippen molar-refractivity contribution in [3.8, 4) is 0 Å². The minimum Gasteiger partial charge on any atom is -0.370 e. The maximum absolute atomic E-state index is 10.8. The maximum Gasteiger partial charge on any atom is 0.219 e. The molecule has 18 heavy (non-hydrogen) atoms. The van der Waals surface area contributed by atoms with Crippen LogP contribution in [0.4, 0.5) is 11.6 Å². The molecule has 0 saturated heterocycles. The molecule has 0 aliphatic carbocycles. The second-order valence-electron chi connectivity index (χ2n) is 3.90. The van der Waals surface area contributed by atoms with Gasteiger partial charge < -0.3 is 16.4 Å². The SMILES string of the molecule is CCNc1nc(NC(C)CC(N)=O)c(Cl)cc1Cl. The maximum atomic E-state index is 10.8. The molecule has 4 N–H and O–H groups in total. The van der Waals surface area contributed by atoms with E-state index in [1.807, 2.05) is 13.8 Å². The number of hydrogen-bond acceptors (Lipinski definition) is 4. The molecule has 1 unspecified atom stereocenters. The Kier molecular flexibility index (Phi) is 5.50. The molecule has 0 aliphatic heterocycles. The zero-order valence-electron chi connectivity index (χ0n) is 10.3. The quantitative estimate of drug-likeness (QED) is 0.752. The number of pyridine rings is 1. The number of nitrogens with one attached hydrogen (secondary N) is 2. The number of carbonyl (C=O) groups excluding carboxylic acids is 1. The number of rotatable bonds is 6. The lowest BCUT2D eigenvalue weighted by Gasteiger charge is -2.15. The largest absolute Gasteiger partial charge is 0.370 e. The molecule has 0 saturated carbocycles. The number of nitrogens with zero attached hydrogens (tertiary/aromatic N) is 1. The fourth-order valence-electron chi connectivity index (χ4n) is 1.45. The summed E-state index contributed by atoms with van der Waals surface area (Å²) in [5.74, 6) is 0.648. The molecule has 1 atom stereocenters. The van der Waals surface area contributed by atoms with E-state index < -0.39 is 0 Å². The molecule has 5 nitrogen and oxygen atoms in total. The van der Waals surface area contributed by atoms with Gasteiger partial charge in [-0.05, 0) is 19.9 Å². The summed E-state index contributed by atoms with van der Waals surface area (Å²) in [4.78, 5) is 15.1. The number of primary amides is 1. The van der Waals surface area contributed by atoms with Gasteiger partial charge in [0.1, 0.15) is 11.6 Å². The molecule has 0 aliphatic rings. The van der Waals surface area contributed by atoms with Crippen LogP contribution in [0.5, 0.6) is 0 Å². The molecule has 1 aromatic heterocycles. The van der Waals surface area contributed by atoms with Crippen molar-refractivity contribution in [3.05, 3.63) is 16.1 Å². The van der Waals surface area contributed by atoms with Gasteiger partial charge in [-0.2, -0.15) is 0 Å². The van der Waals surface area contributed by atoms with Crippen LogP contribution in [0.15, 0.2) is 6.07 Å². The van der Waals surface area contributed by atoms with Gasteiger partial charge in [-0.3, -0.25) is 4.79 Å². The lowest BCUT2D eigenvalue weighted by Crippen LogP contribution is -2.24. The van der Waals surface area contributed by atoms with Gasteiger partial charge in [0.2, 0.25) is 5.91 Å². The van der Waals surface area contributed by atoms with Gasteiger partial charge in [0.05, 0.1) is 10.0 Å². The van der Waals surface area contributed by atoms with Crippen LogP contribution < -0.4 is 16.4 Å². The van der Waals surface area contributed by atoms with Crippen molar-refractivity contribution in [2.45, 2.75) is 26.3 Å². The topological polar surface area (TPSA) is 80.0 Å². The summed E-state index contributed by atoms with van der Waals surface area (Å²) >= 11 is 12.0. The zero-order valence-corrected chi connectivity index (χ0v) is 11.8. The lowest BCUT2D eigenvalue weighted by atomic mass is 10.2. The van der Waals surface area contributed by atoms with Crippen LogP contribution in [-0.2, 0) is 4.79 Å². The Morgan fingerprint density at radius 2 is 2.06 bits per heavy atom. The fourth-order valence-corrected chi connectivity index (χ4v) is 1.93. The van der Waals surface area contributed by atoms with E-state index in [1.165, 1.54) is 0 Å². The Bertz CT molecular complexity index is 439. The smallest absolute Gasteiger partial charge is 0.219 e. The summed E-state index contributed by atoms with van der Waals surface area (Å²) in [5, 5.41) is 6.90. The summed E-state index contributed by atoms with van der Waals surface area (Å²) in [6.07, 6.45) is 0.206. The highest BCUT2D eigenvalue weighted by molar-refractivity contribution is 6.37. The Hall–Kier alpha value is -1.20. The molecule has 1 aromatic rings. The van der Waals surface area contributed by atoms with Gasteiger partial charge in [0.15, 0.2) is 0 Å². The molecular weight excluding hydrogens is 275 g/mol. The molecule has 0 fully saturated rings. The van der Waals surface area contributed by atoms with E-state index in [4.69, 9.17) is 28.9 Å². The average Bonchev–Trinajstić information content (AvgIpc) is 2.24. The zero-order chi connectivity index (χ0) is 13.7. The summed E-state index contributed by atoms with van der Waals surface area (Å²) in [6, 6.07) is 1.45. The van der Waals surface area contributed by atoms with Crippen LogP contribution in [0.2, 0.25) is 10.0 Å². The van der Waals surface area contributed by atoms with Gasteiger partial charge in [0.25, 0.3) is 0 Å². The molecular formula is C11H16Cl2N4O. The molecule has 1 heterocycles. The number of halogens is 2. The molecule has 1 amide bonds. The number of anilines is 2. The van der Waals surface area contributed by atoms with Crippen molar-refractivity contribution in [2.75, 3.05) is 17.2 Å². The third-order valence-electron chi connectivity index (χ3n) is 2.16. The molecule has 7 heteroatoms. The second kappa shape index (κ2) is 6.66. The van der Waals surface area contributed by atoms with Crippen molar-refractivity contribution in [1.82, 2.24) is 4.98 Å². The summed E-state index contributed by atoms with van der Waals surface area (Å²) < 4.78 is 0. The van der Waals surface area contributed by atoms with Crippen LogP contribution in [-0.4, -0.2) is 23.5 Å². The van der Waals surface area contributed by atoms with Crippen molar-refractivity contribution in [3.63, 3.8) is 0 Å². The fraction of sp³-hybridized carbons (Fsp3) is 0.455. The number of hydrogen-bond donors (Lipinski definition) is 3. The molecule has 0 radical (unpaired) electrons. The standard InChI is InChI=1S/C11H16Cl2N4O/c1-3-15-10-7(12)5-8(13)11(17-10)16-6(2)4-9(14)18/h5-6H,3-4H2,1-2H3,(H2,14,18)(H2,15,16,17). The Balaban J connectivity index is 2.87. The molecule has 1 rings (SSSR count). The average molecular weight is 291 g/mol. The van der Waals surface area contributed by atoms with E-state index in [9.17, 15) is 4.79 Å². The van der Waals surface area contributed by atoms with Gasteiger partial charge in [-0.1, -0.05) is 23.2 Å². The Labute approximate surface area is 116 Å². The predicted octanol–water partition coefficient (Wildman–Crippen LogP) is 2.50. The number of nitrogens with two attached hydrogens (primary N) is 1. The molecule has 0 bridgehead atoms. The first-order chi connectivity index (χ1) is 8.43. The minimum absolute atomic E-state index is 0.150. The molecule has 100 valence electrons. The van der Waals surface area contributed by atoms with Crippen LogP contribution >= 0.6 is 23.2 Å². The summed E-state index contributed by atoms with van der Waals surface area (Å²) in [7, 11) is 0. The molecule has 0 spiro atoms. The van der Waals surface area contributed by atoms with E-state index >= 15 is 0 Å². The predicted molar refractivity (Wildman–Crippen MR) is 75.3 cm³/mol. The summed E-state index contributed by atoms with van der Waals surface area (Å²) in [5.41, 5.74) is 5.12. The van der Waals surface area contributed by atoms with Gasteiger partial charge in [0, 0.05) is 19.0 Å². The van der Waals surface area contributed by atoms with Gasteiger partial charge in [-0.15, -0.1) is 0 Å². The van der Waals surface area contributed by atoms with Crippen LogP contribution in [0.3, 0.4) is 0 Å². The highest BCUT2D eigenvalue weighted by atomic mass is 35.5. The monoisotopic (exact) mass is 290 g/mol. The van der Waals surface area contributed by atoms with Gasteiger partial charge >= 0.3 is 0 Å². The first kappa shape index (κ1) is 14.9. The Morgan fingerprint density at radius 1 is 1.44 bits per heavy atom. The van der Waals surface area contributed by atoms with Crippen molar-refractivity contribution in [2.24, 2.45) is 5.73 Å². The van der Waals surface area contributed by atoms with E-state index in [-0.39, 0.29) is 18.4 Å². The van der Waals surface area contributed by atoms with E-state index in [0.717, 1.165) is 0 Å².